The number of alkyl halides is 3. The van der Waals surface area contributed by atoms with Gasteiger partial charge >= 0.3 is 6.18 Å². The van der Waals surface area contributed by atoms with Crippen molar-refractivity contribution in [3.05, 3.63) is 33.8 Å². The summed E-state index contributed by atoms with van der Waals surface area (Å²) in [5.41, 5.74) is -0.792. The quantitative estimate of drug-likeness (QED) is 0.532. The highest BCUT2D eigenvalue weighted by molar-refractivity contribution is 14.1. The lowest BCUT2D eigenvalue weighted by Gasteiger charge is -2.07. The zero-order valence-electron chi connectivity index (χ0n) is 6.53. The van der Waals surface area contributed by atoms with E-state index in [0.29, 0.717) is 0 Å². The van der Waals surface area contributed by atoms with E-state index in [1.165, 1.54) is 28.7 Å². The van der Waals surface area contributed by atoms with E-state index in [1.807, 2.05) is 0 Å². The van der Waals surface area contributed by atoms with Gasteiger partial charge in [-0.2, -0.15) is 13.2 Å². The third kappa shape index (κ3) is 2.94. The van der Waals surface area contributed by atoms with Crippen LogP contribution in [0.25, 0.3) is 0 Å². The second kappa shape index (κ2) is 4.18. The molecule has 1 aromatic carbocycles. The van der Waals surface area contributed by atoms with Gasteiger partial charge in [0.25, 0.3) is 0 Å². The van der Waals surface area contributed by atoms with E-state index in [9.17, 15) is 18.0 Å². The standard InChI is InChI=1S/C8H3BrF3IO/c9-6-2-4(7(13)14)1-5(3-6)8(10,11)12/h1-3H. The molecule has 0 atom stereocenters. The van der Waals surface area contributed by atoms with Gasteiger partial charge < -0.3 is 0 Å². The van der Waals surface area contributed by atoms with Crippen LogP contribution in [0.3, 0.4) is 0 Å². The number of benzene rings is 1. The maximum absolute atomic E-state index is 12.3. The van der Waals surface area contributed by atoms with Gasteiger partial charge in [-0.15, -0.1) is 0 Å². The Morgan fingerprint density at radius 2 is 1.86 bits per heavy atom. The van der Waals surface area contributed by atoms with Crippen LogP contribution in [0.2, 0.25) is 0 Å². The molecule has 6 heteroatoms. The van der Waals surface area contributed by atoms with Crippen LogP contribution in [-0.2, 0) is 6.18 Å². The molecule has 0 unspecified atom stereocenters. The zero-order valence-corrected chi connectivity index (χ0v) is 10.3. The Balaban J connectivity index is 3.28. The summed E-state index contributed by atoms with van der Waals surface area (Å²) in [6, 6.07) is 3.12. The van der Waals surface area contributed by atoms with E-state index >= 15 is 0 Å². The van der Waals surface area contributed by atoms with Crippen LogP contribution in [0, 0.1) is 0 Å². The minimum Gasteiger partial charge on any atom is -0.282 e. The van der Waals surface area contributed by atoms with Crippen LogP contribution in [0.15, 0.2) is 22.7 Å². The molecule has 1 nitrogen and oxygen atoms in total. The van der Waals surface area contributed by atoms with Gasteiger partial charge in [0.2, 0.25) is 3.79 Å². The lowest BCUT2D eigenvalue weighted by Crippen LogP contribution is -2.06. The van der Waals surface area contributed by atoms with Crippen molar-refractivity contribution in [2.45, 2.75) is 6.18 Å². The molecular formula is C8H3BrF3IO. The largest absolute Gasteiger partial charge is 0.416 e. The molecule has 0 amide bonds. The van der Waals surface area contributed by atoms with Crippen molar-refractivity contribution in [1.29, 1.82) is 0 Å². The molecule has 0 heterocycles. The third-order valence-corrected chi connectivity index (χ3v) is 2.53. The lowest BCUT2D eigenvalue weighted by atomic mass is 10.1. The topological polar surface area (TPSA) is 17.1 Å². The van der Waals surface area contributed by atoms with Gasteiger partial charge in [0, 0.05) is 32.6 Å². The van der Waals surface area contributed by atoms with Crippen molar-refractivity contribution in [1.82, 2.24) is 0 Å². The van der Waals surface area contributed by atoms with Crippen LogP contribution in [0.5, 0.6) is 0 Å². The molecule has 0 saturated heterocycles. The molecular weight excluding hydrogens is 376 g/mol. The van der Waals surface area contributed by atoms with E-state index in [2.05, 4.69) is 15.9 Å². The summed E-state index contributed by atoms with van der Waals surface area (Å²) in [6.07, 6.45) is -4.43. The Labute approximate surface area is 99.9 Å². The maximum atomic E-state index is 12.3. The van der Waals surface area contributed by atoms with E-state index in [0.717, 1.165) is 12.1 Å². The molecule has 1 rings (SSSR count). The summed E-state index contributed by atoms with van der Waals surface area (Å²) in [4.78, 5) is 10.9. The Morgan fingerprint density at radius 3 is 2.29 bits per heavy atom. The van der Waals surface area contributed by atoms with E-state index < -0.39 is 15.5 Å². The number of rotatable bonds is 1. The van der Waals surface area contributed by atoms with E-state index in [-0.39, 0.29) is 10.0 Å². The molecule has 0 radical (unpaired) electrons. The maximum Gasteiger partial charge on any atom is 0.416 e. The lowest BCUT2D eigenvalue weighted by molar-refractivity contribution is -0.137. The first-order chi connectivity index (χ1) is 6.30. The average molecular weight is 379 g/mol. The van der Waals surface area contributed by atoms with Crippen LogP contribution in [-0.4, -0.2) is 3.79 Å². The van der Waals surface area contributed by atoms with E-state index in [4.69, 9.17) is 0 Å². The highest BCUT2D eigenvalue weighted by atomic mass is 127. The van der Waals surface area contributed by atoms with E-state index in [1.54, 1.807) is 0 Å². The predicted molar refractivity (Wildman–Crippen MR) is 57.5 cm³/mol. The number of carbonyl (C=O) groups excluding carboxylic acids is 1. The van der Waals surface area contributed by atoms with Crippen molar-refractivity contribution in [3.63, 3.8) is 0 Å². The second-order valence-corrected chi connectivity index (χ2v) is 4.40. The van der Waals surface area contributed by atoms with Crippen LogP contribution in [0.1, 0.15) is 15.9 Å². The molecule has 0 bridgehead atoms. The summed E-state index contributed by atoms with van der Waals surface area (Å²) in [5.74, 6) is 0. The van der Waals surface area contributed by atoms with Gasteiger partial charge in [0.05, 0.1) is 5.56 Å². The predicted octanol–water partition coefficient (Wildman–Crippen LogP) is 4.04. The normalized spacial score (nSPS) is 11.5. The number of carbonyl (C=O) groups is 1. The van der Waals surface area contributed by atoms with Crippen LogP contribution >= 0.6 is 38.5 Å². The molecule has 1 aromatic rings. The van der Waals surface area contributed by atoms with Gasteiger partial charge in [0.15, 0.2) is 0 Å². The molecule has 0 fully saturated rings. The number of hydrogen-bond donors (Lipinski definition) is 0. The van der Waals surface area contributed by atoms with Crippen molar-refractivity contribution in [3.8, 4) is 0 Å². The fraction of sp³-hybridized carbons (Fsp3) is 0.125. The first-order valence-corrected chi connectivity index (χ1v) is 5.25. The Bertz CT molecular complexity index is 375. The van der Waals surface area contributed by atoms with Crippen molar-refractivity contribution >= 4 is 42.3 Å². The highest BCUT2D eigenvalue weighted by Crippen LogP contribution is 2.32. The molecule has 0 aliphatic rings. The zero-order chi connectivity index (χ0) is 10.9. The molecule has 0 aliphatic heterocycles. The molecule has 0 spiro atoms. The van der Waals surface area contributed by atoms with Crippen molar-refractivity contribution in [2.24, 2.45) is 0 Å². The monoisotopic (exact) mass is 378 g/mol. The average Bonchev–Trinajstić information content (AvgIpc) is 2.01. The molecule has 14 heavy (non-hydrogen) atoms. The van der Waals surface area contributed by atoms with Gasteiger partial charge in [0.1, 0.15) is 0 Å². The van der Waals surface area contributed by atoms with Gasteiger partial charge in [-0.3, -0.25) is 4.79 Å². The van der Waals surface area contributed by atoms with Crippen LogP contribution < -0.4 is 0 Å². The summed E-state index contributed by atoms with van der Waals surface area (Å²) >= 11 is 4.36. The minimum absolute atomic E-state index is 0.0345. The molecule has 76 valence electrons. The van der Waals surface area contributed by atoms with Crippen molar-refractivity contribution in [2.75, 3.05) is 0 Å². The first-order valence-electron chi connectivity index (χ1n) is 3.38. The molecule has 0 aromatic heterocycles. The first kappa shape index (κ1) is 12.0. The summed E-state index contributed by atoms with van der Waals surface area (Å²) < 4.78 is 36.7. The number of halogens is 5. The Morgan fingerprint density at radius 1 is 1.29 bits per heavy atom. The van der Waals surface area contributed by atoms with Gasteiger partial charge in [-0.1, -0.05) is 15.9 Å². The fourth-order valence-corrected chi connectivity index (χ4v) is 1.67. The second-order valence-electron chi connectivity index (χ2n) is 2.50. The Kier molecular flexibility index (Phi) is 3.57. The molecule has 0 saturated carbocycles. The van der Waals surface area contributed by atoms with Crippen LogP contribution in [0.4, 0.5) is 13.2 Å². The molecule has 0 aliphatic carbocycles. The third-order valence-electron chi connectivity index (χ3n) is 1.45. The Hall–Kier alpha value is -0.110. The summed E-state index contributed by atoms with van der Waals surface area (Å²) in [6.45, 7) is 0. The minimum atomic E-state index is -4.43. The fourth-order valence-electron chi connectivity index (χ4n) is 0.867. The van der Waals surface area contributed by atoms with Crippen molar-refractivity contribution < 1.29 is 18.0 Å². The summed E-state index contributed by atoms with van der Waals surface area (Å²) in [7, 11) is 0. The molecule has 0 N–H and O–H groups in total. The highest BCUT2D eigenvalue weighted by Gasteiger charge is 2.31. The smallest absolute Gasteiger partial charge is 0.282 e. The SMILES string of the molecule is O=C(I)c1cc(Br)cc(C(F)(F)F)c1. The van der Waals surface area contributed by atoms with Gasteiger partial charge in [-0.25, -0.2) is 0 Å². The summed E-state index contributed by atoms with van der Waals surface area (Å²) in [5, 5.41) is 0. The van der Waals surface area contributed by atoms with Gasteiger partial charge in [-0.05, 0) is 18.2 Å². The number of hydrogen-bond acceptors (Lipinski definition) is 1.